The molecule has 0 N–H and O–H groups in total. The van der Waals surface area contributed by atoms with Crippen LogP contribution in [0, 0.1) is 0 Å². The van der Waals surface area contributed by atoms with E-state index in [1.807, 2.05) is 36.4 Å². The van der Waals surface area contributed by atoms with E-state index in [4.69, 9.17) is 11.6 Å². The fraction of sp³-hybridized carbons (Fsp3) is 0.115. The predicted molar refractivity (Wildman–Crippen MR) is 132 cm³/mol. The number of amides is 3. The van der Waals surface area contributed by atoms with Crippen LogP contribution in [0.1, 0.15) is 27.0 Å². The number of nitrogens with zero attached hydrogens (tertiary/aromatic N) is 2. The SMILES string of the molecule is CN(Cc1ccccc1)C(=O)c1cccc(/C=C2\SC(=O)N(Cc3cccc(Cl)c3)C2=O)c1. The minimum absolute atomic E-state index is 0.122. The van der Waals surface area contributed by atoms with E-state index in [-0.39, 0.29) is 23.6 Å². The molecule has 0 atom stereocenters. The number of carbonyl (C=O) groups excluding carboxylic acids is 3. The number of imide groups is 1. The van der Waals surface area contributed by atoms with Gasteiger partial charge in [0.25, 0.3) is 17.1 Å². The van der Waals surface area contributed by atoms with Gasteiger partial charge in [-0.15, -0.1) is 0 Å². The smallest absolute Gasteiger partial charge is 0.293 e. The van der Waals surface area contributed by atoms with Gasteiger partial charge in [0.2, 0.25) is 0 Å². The molecule has 3 amide bonds. The van der Waals surface area contributed by atoms with Crippen LogP contribution >= 0.6 is 23.4 Å². The van der Waals surface area contributed by atoms with Gasteiger partial charge in [0.05, 0.1) is 11.4 Å². The number of carbonyl (C=O) groups is 3. The van der Waals surface area contributed by atoms with Crippen molar-refractivity contribution in [2.45, 2.75) is 13.1 Å². The fourth-order valence-corrected chi connectivity index (χ4v) is 4.57. The minimum atomic E-state index is -0.358. The number of benzene rings is 3. The number of halogens is 1. The van der Waals surface area contributed by atoms with Crippen molar-refractivity contribution in [2.24, 2.45) is 0 Å². The number of hydrogen-bond donors (Lipinski definition) is 0. The largest absolute Gasteiger partial charge is 0.337 e. The van der Waals surface area contributed by atoms with Gasteiger partial charge in [-0.25, -0.2) is 0 Å². The third kappa shape index (κ3) is 5.53. The number of rotatable bonds is 6. The fourth-order valence-electron chi connectivity index (χ4n) is 3.52. The molecule has 0 unspecified atom stereocenters. The van der Waals surface area contributed by atoms with E-state index in [1.165, 1.54) is 4.90 Å². The average Bonchev–Trinajstić information content (AvgIpc) is 3.06. The van der Waals surface area contributed by atoms with Gasteiger partial charge in [0.15, 0.2) is 0 Å². The summed E-state index contributed by atoms with van der Waals surface area (Å²) in [5.41, 5.74) is 3.01. The molecule has 0 aliphatic carbocycles. The van der Waals surface area contributed by atoms with Gasteiger partial charge in [-0.2, -0.15) is 0 Å². The van der Waals surface area contributed by atoms with E-state index in [0.717, 1.165) is 22.9 Å². The van der Waals surface area contributed by atoms with E-state index in [1.54, 1.807) is 60.5 Å². The summed E-state index contributed by atoms with van der Waals surface area (Å²) in [6.07, 6.45) is 1.65. The van der Waals surface area contributed by atoms with E-state index in [0.29, 0.717) is 27.6 Å². The Balaban J connectivity index is 1.49. The Bertz CT molecular complexity index is 1240. The van der Waals surface area contributed by atoms with Gasteiger partial charge < -0.3 is 4.90 Å². The van der Waals surface area contributed by atoms with Crippen LogP contribution in [0.3, 0.4) is 0 Å². The first kappa shape index (κ1) is 22.8. The normalized spacial score (nSPS) is 14.7. The molecule has 1 fully saturated rings. The predicted octanol–water partition coefficient (Wildman–Crippen LogP) is 5.85. The molecule has 0 aromatic heterocycles. The lowest BCUT2D eigenvalue weighted by Gasteiger charge is -2.17. The standard InChI is InChI=1S/C26H21ClN2O3S/c1-28(16-18-7-3-2-4-8-18)24(30)21-11-5-9-19(13-21)15-23-25(31)29(26(32)33-23)17-20-10-6-12-22(27)14-20/h2-15H,16-17H2,1H3/b23-15-. The zero-order chi connectivity index (χ0) is 23.4. The highest BCUT2D eigenvalue weighted by Gasteiger charge is 2.35. The summed E-state index contributed by atoms with van der Waals surface area (Å²) in [5.74, 6) is -0.480. The summed E-state index contributed by atoms with van der Waals surface area (Å²) >= 11 is 6.90. The lowest BCUT2D eigenvalue weighted by molar-refractivity contribution is -0.123. The van der Waals surface area contributed by atoms with Gasteiger partial charge in [-0.05, 0) is 58.8 Å². The first-order valence-electron chi connectivity index (χ1n) is 10.3. The lowest BCUT2D eigenvalue weighted by Crippen LogP contribution is -2.27. The molecule has 0 bridgehead atoms. The summed E-state index contributed by atoms with van der Waals surface area (Å²) in [4.78, 5) is 41.4. The molecule has 1 heterocycles. The zero-order valence-electron chi connectivity index (χ0n) is 17.9. The van der Waals surface area contributed by atoms with Crippen LogP contribution in [0.25, 0.3) is 6.08 Å². The quantitative estimate of drug-likeness (QED) is 0.419. The van der Waals surface area contributed by atoms with Crippen LogP contribution in [0.4, 0.5) is 4.79 Å². The minimum Gasteiger partial charge on any atom is -0.337 e. The van der Waals surface area contributed by atoms with Crippen molar-refractivity contribution in [3.05, 3.63) is 111 Å². The lowest BCUT2D eigenvalue weighted by atomic mass is 10.1. The Kier molecular flexibility index (Phi) is 6.96. The molecule has 1 aliphatic heterocycles. The van der Waals surface area contributed by atoms with E-state index in [2.05, 4.69) is 0 Å². The van der Waals surface area contributed by atoms with Crippen molar-refractivity contribution >= 4 is 46.5 Å². The third-order valence-corrected chi connectivity index (χ3v) is 6.29. The second-order valence-electron chi connectivity index (χ2n) is 7.67. The summed E-state index contributed by atoms with van der Waals surface area (Å²) < 4.78 is 0. The second-order valence-corrected chi connectivity index (χ2v) is 9.10. The first-order chi connectivity index (χ1) is 15.9. The molecule has 1 saturated heterocycles. The molecule has 3 aromatic rings. The van der Waals surface area contributed by atoms with Crippen molar-refractivity contribution in [1.82, 2.24) is 9.80 Å². The average molecular weight is 477 g/mol. The van der Waals surface area contributed by atoms with E-state index >= 15 is 0 Å². The summed E-state index contributed by atoms with van der Waals surface area (Å²) in [6, 6.07) is 23.9. The van der Waals surface area contributed by atoms with Crippen LogP contribution in [0.15, 0.2) is 83.8 Å². The Morgan fingerprint density at radius 2 is 1.70 bits per heavy atom. The molecule has 5 nitrogen and oxygen atoms in total. The van der Waals surface area contributed by atoms with Gasteiger partial charge in [-0.3, -0.25) is 19.3 Å². The molecule has 4 rings (SSSR count). The Hall–Kier alpha value is -3.35. The molecule has 166 valence electrons. The first-order valence-corrected chi connectivity index (χ1v) is 11.5. The highest BCUT2D eigenvalue weighted by atomic mass is 35.5. The molecule has 7 heteroatoms. The van der Waals surface area contributed by atoms with Crippen molar-refractivity contribution < 1.29 is 14.4 Å². The van der Waals surface area contributed by atoms with Crippen molar-refractivity contribution in [3.63, 3.8) is 0 Å². The van der Waals surface area contributed by atoms with E-state index < -0.39 is 0 Å². The Morgan fingerprint density at radius 3 is 2.45 bits per heavy atom. The van der Waals surface area contributed by atoms with E-state index in [9.17, 15) is 14.4 Å². The third-order valence-electron chi connectivity index (χ3n) is 5.14. The molecule has 0 radical (unpaired) electrons. The maximum absolute atomic E-state index is 12.9. The van der Waals surface area contributed by atoms with Crippen molar-refractivity contribution in [2.75, 3.05) is 7.05 Å². The second kappa shape index (κ2) is 10.1. The number of hydrogen-bond acceptors (Lipinski definition) is 4. The molecule has 0 spiro atoms. The molecule has 1 aliphatic rings. The topological polar surface area (TPSA) is 57.7 Å². The molecule has 0 saturated carbocycles. The molecular weight excluding hydrogens is 456 g/mol. The zero-order valence-corrected chi connectivity index (χ0v) is 19.5. The Labute approximate surface area is 201 Å². The highest BCUT2D eigenvalue weighted by Crippen LogP contribution is 2.33. The maximum Gasteiger partial charge on any atom is 0.293 e. The van der Waals surface area contributed by atoms with Crippen LogP contribution in [-0.4, -0.2) is 33.9 Å². The van der Waals surface area contributed by atoms with Gasteiger partial charge in [0.1, 0.15) is 0 Å². The molecule has 3 aromatic carbocycles. The van der Waals surface area contributed by atoms with Crippen LogP contribution in [0.5, 0.6) is 0 Å². The highest BCUT2D eigenvalue weighted by molar-refractivity contribution is 8.18. The monoisotopic (exact) mass is 476 g/mol. The summed E-state index contributed by atoms with van der Waals surface area (Å²) in [5, 5.41) is 0.217. The summed E-state index contributed by atoms with van der Waals surface area (Å²) in [6.45, 7) is 0.650. The van der Waals surface area contributed by atoms with Crippen molar-refractivity contribution in [3.8, 4) is 0 Å². The van der Waals surface area contributed by atoms with Crippen LogP contribution in [-0.2, 0) is 17.9 Å². The number of thioether (sulfide) groups is 1. The van der Waals surface area contributed by atoms with Crippen molar-refractivity contribution in [1.29, 1.82) is 0 Å². The maximum atomic E-state index is 12.9. The summed E-state index contributed by atoms with van der Waals surface area (Å²) in [7, 11) is 1.75. The van der Waals surface area contributed by atoms with Gasteiger partial charge in [-0.1, -0.05) is 66.2 Å². The van der Waals surface area contributed by atoms with Crippen LogP contribution < -0.4 is 0 Å². The Morgan fingerprint density at radius 1 is 0.970 bits per heavy atom. The van der Waals surface area contributed by atoms with Gasteiger partial charge in [0, 0.05) is 24.2 Å². The molecular formula is C26H21ClN2O3S. The van der Waals surface area contributed by atoms with Gasteiger partial charge >= 0.3 is 0 Å². The molecule has 33 heavy (non-hydrogen) atoms. The van der Waals surface area contributed by atoms with Crippen LogP contribution in [0.2, 0.25) is 5.02 Å².